The maximum Gasteiger partial charge on any atom is 0.161 e. The zero-order chi connectivity index (χ0) is 13.8. The molecule has 0 radical (unpaired) electrons. The molecule has 3 N–H and O–H groups in total. The molecule has 1 unspecified atom stereocenters. The van der Waals surface area contributed by atoms with Crippen molar-refractivity contribution in [1.82, 2.24) is 0 Å². The fourth-order valence-electron chi connectivity index (χ4n) is 1.96. The Hall–Kier alpha value is -2.20. The van der Waals surface area contributed by atoms with Crippen LogP contribution in [0.3, 0.4) is 0 Å². The Morgan fingerprint density at radius 2 is 1.68 bits per heavy atom. The number of nitrogens with two attached hydrogens (primary N) is 1. The molecule has 0 fully saturated rings. The number of benzene rings is 2. The molecule has 1 atom stereocenters. The molecule has 2 rings (SSSR count). The molecule has 0 bridgehead atoms. The Labute approximate surface area is 112 Å². The highest BCUT2D eigenvalue weighted by Crippen LogP contribution is 2.33. The number of hydrogen-bond acceptors (Lipinski definition) is 4. The van der Waals surface area contributed by atoms with Gasteiger partial charge < -0.3 is 20.3 Å². The standard InChI is InChI=1S/C15H17NO3/c1-18-13-8-7-10(9-14(13)19-2)15(17)11-5-3-4-6-12(11)16/h3-9,15,17H,16H2,1-2H3. The van der Waals surface area contributed by atoms with E-state index in [1.807, 2.05) is 12.1 Å². The Balaban J connectivity index is 2.39. The fraction of sp³-hybridized carbons (Fsp3) is 0.200. The molecule has 0 aromatic heterocycles. The van der Waals surface area contributed by atoms with E-state index in [2.05, 4.69) is 0 Å². The first kappa shape index (κ1) is 13.2. The van der Waals surface area contributed by atoms with Crippen molar-refractivity contribution in [3.63, 3.8) is 0 Å². The highest BCUT2D eigenvalue weighted by Gasteiger charge is 2.15. The summed E-state index contributed by atoms with van der Waals surface area (Å²) in [5.74, 6) is 1.20. The third-order valence-electron chi connectivity index (χ3n) is 3.01. The molecular weight excluding hydrogens is 242 g/mol. The minimum Gasteiger partial charge on any atom is -0.493 e. The van der Waals surface area contributed by atoms with Crippen LogP contribution < -0.4 is 15.2 Å². The van der Waals surface area contributed by atoms with Crippen LogP contribution >= 0.6 is 0 Å². The number of rotatable bonds is 4. The molecule has 2 aromatic carbocycles. The summed E-state index contributed by atoms with van der Waals surface area (Å²) in [4.78, 5) is 0. The van der Waals surface area contributed by atoms with Gasteiger partial charge in [0.15, 0.2) is 11.5 Å². The van der Waals surface area contributed by atoms with Gasteiger partial charge >= 0.3 is 0 Å². The number of aliphatic hydroxyl groups excluding tert-OH is 1. The first-order valence-electron chi connectivity index (χ1n) is 5.91. The van der Waals surface area contributed by atoms with Crippen molar-refractivity contribution in [1.29, 1.82) is 0 Å². The number of ether oxygens (including phenoxy) is 2. The minimum absolute atomic E-state index is 0.560. The van der Waals surface area contributed by atoms with Crippen LogP contribution in [0.25, 0.3) is 0 Å². The molecule has 4 nitrogen and oxygen atoms in total. The second-order valence-corrected chi connectivity index (χ2v) is 4.15. The van der Waals surface area contributed by atoms with Gasteiger partial charge in [0, 0.05) is 11.3 Å². The predicted octanol–water partition coefficient (Wildman–Crippen LogP) is 2.37. The van der Waals surface area contributed by atoms with Gasteiger partial charge in [0.25, 0.3) is 0 Å². The third kappa shape index (κ3) is 2.63. The van der Waals surface area contributed by atoms with E-state index < -0.39 is 6.10 Å². The first-order chi connectivity index (χ1) is 9.17. The highest BCUT2D eigenvalue weighted by molar-refractivity contribution is 5.52. The Kier molecular flexibility index (Phi) is 3.92. The largest absolute Gasteiger partial charge is 0.493 e. The van der Waals surface area contributed by atoms with E-state index in [-0.39, 0.29) is 0 Å². The van der Waals surface area contributed by atoms with Crippen LogP contribution in [0.5, 0.6) is 11.5 Å². The van der Waals surface area contributed by atoms with Gasteiger partial charge in [-0.1, -0.05) is 24.3 Å². The van der Waals surface area contributed by atoms with Crippen LogP contribution in [0, 0.1) is 0 Å². The molecule has 0 saturated carbocycles. The summed E-state index contributed by atoms with van der Waals surface area (Å²) in [6.45, 7) is 0. The van der Waals surface area contributed by atoms with Crippen LogP contribution in [-0.4, -0.2) is 19.3 Å². The summed E-state index contributed by atoms with van der Waals surface area (Å²) in [6.07, 6.45) is -0.791. The number of hydrogen-bond donors (Lipinski definition) is 2. The maximum atomic E-state index is 10.4. The molecule has 0 aliphatic rings. The molecule has 0 heterocycles. The monoisotopic (exact) mass is 259 g/mol. The van der Waals surface area contributed by atoms with Crippen LogP contribution in [0.15, 0.2) is 42.5 Å². The lowest BCUT2D eigenvalue weighted by Gasteiger charge is -2.16. The first-order valence-corrected chi connectivity index (χ1v) is 5.91. The molecule has 0 aliphatic heterocycles. The molecule has 0 amide bonds. The molecule has 0 spiro atoms. The van der Waals surface area contributed by atoms with Crippen molar-refractivity contribution in [3.05, 3.63) is 53.6 Å². The van der Waals surface area contributed by atoms with Gasteiger partial charge in [-0.05, 0) is 23.8 Å². The third-order valence-corrected chi connectivity index (χ3v) is 3.01. The topological polar surface area (TPSA) is 64.7 Å². The number of aliphatic hydroxyl groups is 1. The van der Waals surface area contributed by atoms with Gasteiger partial charge in [0.1, 0.15) is 6.10 Å². The van der Waals surface area contributed by atoms with Crippen molar-refractivity contribution in [2.24, 2.45) is 0 Å². The Morgan fingerprint density at radius 3 is 2.32 bits per heavy atom. The summed E-state index contributed by atoms with van der Waals surface area (Å²) in [5.41, 5.74) is 7.81. The van der Waals surface area contributed by atoms with Crippen molar-refractivity contribution >= 4 is 5.69 Å². The average Bonchev–Trinajstić information content (AvgIpc) is 2.46. The SMILES string of the molecule is COc1ccc(C(O)c2ccccc2N)cc1OC. The predicted molar refractivity (Wildman–Crippen MR) is 74.5 cm³/mol. The van der Waals surface area contributed by atoms with Crippen LogP contribution in [0.2, 0.25) is 0 Å². The highest BCUT2D eigenvalue weighted by atomic mass is 16.5. The summed E-state index contributed by atoms with van der Waals surface area (Å²) in [6, 6.07) is 12.5. The van der Waals surface area contributed by atoms with E-state index in [9.17, 15) is 5.11 Å². The summed E-state index contributed by atoms with van der Waals surface area (Å²) < 4.78 is 10.4. The van der Waals surface area contributed by atoms with Crippen molar-refractivity contribution in [2.75, 3.05) is 20.0 Å². The molecular formula is C15H17NO3. The smallest absolute Gasteiger partial charge is 0.161 e. The molecule has 4 heteroatoms. The number of para-hydroxylation sites is 1. The molecule has 19 heavy (non-hydrogen) atoms. The zero-order valence-corrected chi connectivity index (χ0v) is 11.0. The van der Waals surface area contributed by atoms with E-state index in [4.69, 9.17) is 15.2 Å². The molecule has 0 saturated heterocycles. The van der Waals surface area contributed by atoms with E-state index in [0.717, 1.165) is 0 Å². The van der Waals surface area contributed by atoms with Crippen molar-refractivity contribution in [3.8, 4) is 11.5 Å². The lowest BCUT2D eigenvalue weighted by Crippen LogP contribution is -2.04. The van der Waals surface area contributed by atoms with Crippen LogP contribution in [0.1, 0.15) is 17.2 Å². The van der Waals surface area contributed by atoms with Gasteiger partial charge in [0.2, 0.25) is 0 Å². The normalized spacial score (nSPS) is 11.9. The molecule has 0 aliphatic carbocycles. The second kappa shape index (κ2) is 5.63. The van der Waals surface area contributed by atoms with Gasteiger partial charge in [-0.3, -0.25) is 0 Å². The van der Waals surface area contributed by atoms with Gasteiger partial charge in [0.05, 0.1) is 14.2 Å². The number of methoxy groups -OCH3 is 2. The number of anilines is 1. The minimum atomic E-state index is -0.791. The second-order valence-electron chi connectivity index (χ2n) is 4.15. The lowest BCUT2D eigenvalue weighted by atomic mass is 10.00. The van der Waals surface area contributed by atoms with Crippen LogP contribution in [-0.2, 0) is 0 Å². The van der Waals surface area contributed by atoms with E-state index in [0.29, 0.717) is 28.3 Å². The Bertz CT molecular complexity index is 569. The van der Waals surface area contributed by atoms with E-state index in [1.165, 1.54) is 0 Å². The lowest BCUT2D eigenvalue weighted by molar-refractivity contribution is 0.220. The quantitative estimate of drug-likeness (QED) is 0.827. The maximum absolute atomic E-state index is 10.4. The van der Waals surface area contributed by atoms with Gasteiger partial charge in [-0.2, -0.15) is 0 Å². The summed E-state index contributed by atoms with van der Waals surface area (Å²) in [7, 11) is 3.13. The van der Waals surface area contributed by atoms with Crippen molar-refractivity contribution < 1.29 is 14.6 Å². The molecule has 2 aromatic rings. The summed E-state index contributed by atoms with van der Waals surface area (Å²) in [5, 5.41) is 10.4. The van der Waals surface area contributed by atoms with Gasteiger partial charge in [-0.25, -0.2) is 0 Å². The van der Waals surface area contributed by atoms with Crippen molar-refractivity contribution in [2.45, 2.75) is 6.10 Å². The zero-order valence-electron chi connectivity index (χ0n) is 11.0. The van der Waals surface area contributed by atoms with Gasteiger partial charge in [-0.15, -0.1) is 0 Å². The fourth-order valence-corrected chi connectivity index (χ4v) is 1.96. The van der Waals surface area contributed by atoms with E-state index >= 15 is 0 Å². The summed E-state index contributed by atoms with van der Waals surface area (Å²) >= 11 is 0. The number of nitrogen functional groups attached to an aromatic ring is 1. The average molecular weight is 259 g/mol. The molecule has 100 valence electrons. The van der Waals surface area contributed by atoms with Crippen LogP contribution in [0.4, 0.5) is 5.69 Å². The van der Waals surface area contributed by atoms with E-state index in [1.54, 1.807) is 44.6 Å². The Morgan fingerprint density at radius 1 is 1.00 bits per heavy atom.